The lowest BCUT2D eigenvalue weighted by Crippen LogP contribution is -2.40. The molecule has 2 rings (SSSR count). The first kappa shape index (κ1) is 25.8. The highest BCUT2D eigenvalue weighted by Gasteiger charge is 2.32. The van der Waals surface area contributed by atoms with E-state index in [9.17, 15) is 9.90 Å². The van der Waals surface area contributed by atoms with Gasteiger partial charge in [0.25, 0.3) is 0 Å². The van der Waals surface area contributed by atoms with Crippen molar-refractivity contribution in [3.8, 4) is 0 Å². The Morgan fingerprint density at radius 1 is 1.13 bits per heavy atom. The Labute approximate surface area is 188 Å². The second-order valence-corrected chi connectivity index (χ2v) is 10.1. The lowest BCUT2D eigenvalue weighted by molar-refractivity contribution is -0.250. The van der Waals surface area contributed by atoms with Crippen LogP contribution < -0.4 is 0 Å². The molecule has 1 aromatic rings. The van der Waals surface area contributed by atoms with Crippen LogP contribution in [0.15, 0.2) is 24.3 Å². The van der Waals surface area contributed by atoms with Gasteiger partial charge in [0, 0.05) is 26.2 Å². The summed E-state index contributed by atoms with van der Waals surface area (Å²) in [5.41, 5.74) is 2.76. The minimum absolute atomic E-state index is 0.0568. The summed E-state index contributed by atoms with van der Waals surface area (Å²) in [7, 11) is 0. The number of aliphatic hydroxyl groups is 1. The smallest absolute Gasteiger partial charge is 0.302 e. The standard InChI is InChI=1S/C26H42O5/c1-8-23-16-24(15-22(28)14-18(3)29-19(4)27)31-25(30-23)13-17(2)20-9-11-21(12-10-20)26(5,6)7/h9-12,17-18,22-25,28H,8,13-16H2,1-7H3. The molecule has 176 valence electrons. The predicted octanol–water partition coefficient (Wildman–Crippen LogP) is 5.48. The largest absolute Gasteiger partial charge is 0.463 e. The minimum Gasteiger partial charge on any atom is -0.463 e. The zero-order valence-corrected chi connectivity index (χ0v) is 20.4. The van der Waals surface area contributed by atoms with E-state index in [-0.39, 0.29) is 36.0 Å². The van der Waals surface area contributed by atoms with Gasteiger partial charge in [0.1, 0.15) is 6.10 Å². The van der Waals surface area contributed by atoms with Crippen LogP contribution in [0.25, 0.3) is 0 Å². The van der Waals surface area contributed by atoms with Crippen LogP contribution >= 0.6 is 0 Å². The third-order valence-corrected chi connectivity index (χ3v) is 6.07. The summed E-state index contributed by atoms with van der Waals surface area (Å²) in [5, 5.41) is 10.5. The normalized spacial score (nSPS) is 25.0. The summed E-state index contributed by atoms with van der Waals surface area (Å²) in [5.74, 6) is -0.0122. The molecule has 0 aliphatic carbocycles. The molecule has 0 amide bonds. The molecular weight excluding hydrogens is 392 g/mol. The van der Waals surface area contributed by atoms with Crippen molar-refractivity contribution in [2.45, 2.75) is 123 Å². The van der Waals surface area contributed by atoms with Gasteiger partial charge in [-0.3, -0.25) is 4.79 Å². The Morgan fingerprint density at radius 3 is 2.29 bits per heavy atom. The number of hydrogen-bond acceptors (Lipinski definition) is 5. The maximum atomic E-state index is 11.1. The van der Waals surface area contributed by atoms with Crippen molar-refractivity contribution in [2.24, 2.45) is 0 Å². The fourth-order valence-electron chi connectivity index (χ4n) is 4.24. The molecule has 1 heterocycles. The topological polar surface area (TPSA) is 65.0 Å². The number of benzene rings is 1. The van der Waals surface area contributed by atoms with Crippen molar-refractivity contribution in [1.29, 1.82) is 0 Å². The van der Waals surface area contributed by atoms with Crippen LogP contribution in [0.2, 0.25) is 0 Å². The highest BCUT2D eigenvalue weighted by atomic mass is 16.7. The zero-order chi connectivity index (χ0) is 23.2. The van der Waals surface area contributed by atoms with Crippen molar-refractivity contribution >= 4 is 5.97 Å². The third kappa shape index (κ3) is 8.55. The maximum absolute atomic E-state index is 11.1. The third-order valence-electron chi connectivity index (χ3n) is 6.07. The first-order valence-corrected chi connectivity index (χ1v) is 11.7. The van der Waals surface area contributed by atoms with Crippen LogP contribution in [-0.2, 0) is 24.4 Å². The molecule has 0 aromatic heterocycles. The molecule has 1 aliphatic heterocycles. The van der Waals surface area contributed by atoms with Gasteiger partial charge in [-0.15, -0.1) is 0 Å². The van der Waals surface area contributed by atoms with E-state index in [4.69, 9.17) is 14.2 Å². The maximum Gasteiger partial charge on any atom is 0.302 e. The lowest BCUT2D eigenvalue weighted by atomic mass is 9.85. The van der Waals surface area contributed by atoms with Crippen LogP contribution in [0.5, 0.6) is 0 Å². The van der Waals surface area contributed by atoms with Gasteiger partial charge >= 0.3 is 5.97 Å². The van der Waals surface area contributed by atoms with Crippen molar-refractivity contribution in [3.05, 3.63) is 35.4 Å². The Hall–Kier alpha value is -1.43. The molecule has 5 heteroatoms. The van der Waals surface area contributed by atoms with Crippen LogP contribution in [0.1, 0.15) is 97.6 Å². The molecule has 1 aliphatic rings. The molecule has 6 unspecified atom stereocenters. The van der Waals surface area contributed by atoms with Crippen molar-refractivity contribution < 1.29 is 24.1 Å². The number of ether oxygens (including phenoxy) is 3. The quantitative estimate of drug-likeness (QED) is 0.521. The van der Waals surface area contributed by atoms with E-state index < -0.39 is 6.10 Å². The molecular formula is C26H42O5. The van der Waals surface area contributed by atoms with Crippen LogP contribution in [-0.4, -0.2) is 41.8 Å². The number of esters is 1. The van der Waals surface area contributed by atoms with Gasteiger partial charge in [-0.25, -0.2) is 0 Å². The van der Waals surface area contributed by atoms with E-state index in [1.54, 1.807) is 6.92 Å². The highest BCUT2D eigenvalue weighted by Crippen LogP contribution is 2.31. The van der Waals surface area contributed by atoms with Gasteiger partial charge < -0.3 is 19.3 Å². The molecule has 31 heavy (non-hydrogen) atoms. The van der Waals surface area contributed by atoms with E-state index in [0.29, 0.717) is 18.8 Å². The molecule has 1 saturated heterocycles. The van der Waals surface area contributed by atoms with E-state index in [1.807, 2.05) is 0 Å². The number of rotatable bonds is 9. The van der Waals surface area contributed by atoms with Gasteiger partial charge in [-0.1, -0.05) is 58.9 Å². The second kappa shape index (κ2) is 11.4. The molecule has 0 radical (unpaired) electrons. The SMILES string of the molecule is CCC1CC(CC(O)CC(C)OC(C)=O)OC(CC(C)c2ccc(C(C)(C)C)cc2)O1. The Bertz CT molecular complexity index is 678. The van der Waals surface area contributed by atoms with Gasteiger partial charge in [-0.2, -0.15) is 0 Å². The molecule has 5 nitrogen and oxygen atoms in total. The molecule has 0 bridgehead atoms. The first-order chi connectivity index (χ1) is 14.5. The molecule has 1 fully saturated rings. The van der Waals surface area contributed by atoms with E-state index >= 15 is 0 Å². The number of carbonyl (C=O) groups excluding carboxylic acids is 1. The van der Waals surface area contributed by atoms with Gasteiger partial charge in [0.15, 0.2) is 6.29 Å². The van der Waals surface area contributed by atoms with Crippen molar-refractivity contribution in [2.75, 3.05) is 0 Å². The Morgan fingerprint density at radius 2 is 1.74 bits per heavy atom. The number of hydrogen-bond donors (Lipinski definition) is 1. The summed E-state index contributed by atoms with van der Waals surface area (Å²) in [4.78, 5) is 11.1. The van der Waals surface area contributed by atoms with Crippen LogP contribution in [0.3, 0.4) is 0 Å². The second-order valence-electron chi connectivity index (χ2n) is 10.1. The zero-order valence-electron chi connectivity index (χ0n) is 20.4. The monoisotopic (exact) mass is 434 g/mol. The average Bonchev–Trinajstić information content (AvgIpc) is 2.66. The Balaban J connectivity index is 1.94. The summed E-state index contributed by atoms with van der Waals surface area (Å²) in [6.45, 7) is 14.2. The molecule has 0 saturated carbocycles. The molecule has 1 aromatic carbocycles. The highest BCUT2D eigenvalue weighted by molar-refractivity contribution is 5.66. The first-order valence-electron chi connectivity index (χ1n) is 11.7. The summed E-state index contributed by atoms with van der Waals surface area (Å²) in [6, 6.07) is 8.85. The average molecular weight is 435 g/mol. The summed E-state index contributed by atoms with van der Waals surface area (Å²) >= 11 is 0. The van der Waals surface area contributed by atoms with Gasteiger partial charge in [0.2, 0.25) is 0 Å². The number of carbonyl (C=O) groups is 1. The van der Waals surface area contributed by atoms with Gasteiger partial charge in [0.05, 0.1) is 18.3 Å². The van der Waals surface area contributed by atoms with Crippen LogP contribution in [0.4, 0.5) is 0 Å². The van der Waals surface area contributed by atoms with E-state index in [0.717, 1.165) is 19.3 Å². The van der Waals surface area contributed by atoms with E-state index in [1.165, 1.54) is 18.1 Å². The predicted molar refractivity (Wildman–Crippen MR) is 123 cm³/mol. The van der Waals surface area contributed by atoms with Gasteiger partial charge in [-0.05, 0) is 42.2 Å². The molecule has 6 atom stereocenters. The summed E-state index contributed by atoms with van der Waals surface area (Å²) in [6.07, 6.45) is 2.34. The fourth-order valence-corrected chi connectivity index (χ4v) is 4.24. The number of aliphatic hydroxyl groups excluding tert-OH is 1. The minimum atomic E-state index is -0.571. The molecule has 0 spiro atoms. The lowest BCUT2D eigenvalue weighted by Gasteiger charge is -2.37. The van der Waals surface area contributed by atoms with E-state index in [2.05, 4.69) is 58.9 Å². The van der Waals surface area contributed by atoms with Crippen molar-refractivity contribution in [1.82, 2.24) is 0 Å². The fraction of sp³-hybridized carbons (Fsp3) is 0.731. The van der Waals surface area contributed by atoms with Crippen molar-refractivity contribution in [3.63, 3.8) is 0 Å². The Kier molecular flexibility index (Phi) is 9.53. The molecule has 1 N–H and O–H groups in total. The summed E-state index contributed by atoms with van der Waals surface area (Å²) < 4.78 is 17.5. The van der Waals surface area contributed by atoms with Crippen LogP contribution in [0, 0.1) is 0 Å².